The Hall–Kier alpha value is -1.10. The fourth-order valence-electron chi connectivity index (χ4n) is 0.534. The van der Waals surface area contributed by atoms with Gasteiger partial charge >= 0.3 is 6.03 Å². The Bertz CT molecular complexity index is 147. The zero-order chi connectivity index (χ0) is 8.69. The Morgan fingerprint density at radius 2 is 2.55 bits per heavy atom. The van der Waals surface area contributed by atoms with Gasteiger partial charge in [0, 0.05) is 19.2 Å². The minimum atomic E-state index is -0.661. The van der Waals surface area contributed by atoms with Crippen molar-refractivity contribution in [2.24, 2.45) is 16.8 Å². The van der Waals surface area contributed by atoms with E-state index in [0.717, 1.165) is 0 Å². The molecule has 0 aromatic rings. The number of nitrogens with two attached hydrogens (primary N) is 1. The summed E-state index contributed by atoms with van der Waals surface area (Å²) in [6.45, 7) is 2.49. The van der Waals surface area contributed by atoms with Gasteiger partial charge in [-0.25, -0.2) is 10.2 Å². The van der Waals surface area contributed by atoms with Crippen LogP contribution in [0.5, 0.6) is 0 Å². The fourth-order valence-corrected chi connectivity index (χ4v) is 0.534. The Morgan fingerprint density at radius 3 is 3.00 bits per heavy atom. The molecule has 5 nitrogen and oxygen atoms in total. The van der Waals surface area contributed by atoms with E-state index in [-0.39, 0.29) is 5.92 Å². The number of nitrogens with zero attached hydrogens (tertiary/aromatic N) is 1. The van der Waals surface area contributed by atoms with Crippen molar-refractivity contribution < 1.29 is 9.53 Å². The van der Waals surface area contributed by atoms with Crippen molar-refractivity contribution in [3.63, 3.8) is 0 Å². The van der Waals surface area contributed by atoms with Gasteiger partial charge in [-0.1, -0.05) is 6.92 Å². The van der Waals surface area contributed by atoms with Crippen molar-refractivity contribution in [3.05, 3.63) is 0 Å². The summed E-state index contributed by atoms with van der Waals surface area (Å²) in [6.07, 6.45) is 1.56. The van der Waals surface area contributed by atoms with Gasteiger partial charge in [0.2, 0.25) is 0 Å². The molecule has 0 bridgehead atoms. The van der Waals surface area contributed by atoms with Crippen molar-refractivity contribution in [2.45, 2.75) is 6.92 Å². The Balaban J connectivity index is 3.47. The highest BCUT2D eigenvalue weighted by Gasteiger charge is 1.94. The third-order valence-corrected chi connectivity index (χ3v) is 0.933. The number of primary amides is 1. The number of carbonyl (C=O) groups excluding carboxylic acids is 1. The molecule has 0 spiro atoms. The second-order valence-corrected chi connectivity index (χ2v) is 2.19. The number of nitrogens with one attached hydrogen (secondary N) is 1. The molecule has 0 aromatic carbocycles. The summed E-state index contributed by atoms with van der Waals surface area (Å²) >= 11 is 0. The third kappa shape index (κ3) is 6.79. The number of methoxy groups -OCH3 is 1. The summed E-state index contributed by atoms with van der Waals surface area (Å²) in [5, 5.41) is 3.56. The molecule has 0 saturated carbocycles. The van der Waals surface area contributed by atoms with Gasteiger partial charge in [0.15, 0.2) is 0 Å². The lowest BCUT2D eigenvalue weighted by atomic mass is 10.2. The van der Waals surface area contributed by atoms with E-state index < -0.39 is 6.03 Å². The number of rotatable bonds is 4. The van der Waals surface area contributed by atoms with Crippen LogP contribution in [0.15, 0.2) is 5.10 Å². The molecule has 0 rings (SSSR count). The highest BCUT2D eigenvalue weighted by Crippen LogP contribution is 1.88. The first-order chi connectivity index (χ1) is 5.16. The largest absolute Gasteiger partial charge is 0.384 e. The second kappa shape index (κ2) is 5.67. The van der Waals surface area contributed by atoms with E-state index in [2.05, 4.69) is 10.5 Å². The van der Waals surface area contributed by atoms with E-state index in [1.54, 1.807) is 13.3 Å². The first-order valence-electron chi connectivity index (χ1n) is 3.24. The summed E-state index contributed by atoms with van der Waals surface area (Å²) < 4.78 is 4.83. The smallest absolute Gasteiger partial charge is 0.332 e. The Morgan fingerprint density at radius 1 is 1.91 bits per heavy atom. The van der Waals surface area contributed by atoms with Crippen LogP contribution < -0.4 is 11.2 Å². The van der Waals surface area contributed by atoms with E-state index in [9.17, 15) is 4.79 Å². The fraction of sp³-hybridized carbons (Fsp3) is 0.667. The molecule has 0 aliphatic carbocycles. The van der Waals surface area contributed by atoms with Crippen LogP contribution in [0.2, 0.25) is 0 Å². The Labute approximate surface area is 65.6 Å². The highest BCUT2D eigenvalue weighted by atomic mass is 16.5. The molecule has 1 unspecified atom stereocenters. The van der Waals surface area contributed by atoms with Crippen molar-refractivity contribution >= 4 is 12.2 Å². The maximum atomic E-state index is 10.1. The summed E-state index contributed by atoms with van der Waals surface area (Å²) in [5.41, 5.74) is 6.85. The maximum absolute atomic E-state index is 10.1. The van der Waals surface area contributed by atoms with Crippen LogP contribution in [0, 0.1) is 5.92 Å². The number of hydrogen-bond acceptors (Lipinski definition) is 3. The van der Waals surface area contributed by atoms with Gasteiger partial charge in [-0.3, -0.25) is 0 Å². The molecule has 11 heavy (non-hydrogen) atoms. The minimum absolute atomic E-state index is 0.173. The first kappa shape index (κ1) is 9.90. The van der Waals surface area contributed by atoms with Crippen LogP contribution in [-0.4, -0.2) is 26.0 Å². The summed E-state index contributed by atoms with van der Waals surface area (Å²) in [5.74, 6) is 0.173. The Kier molecular flexibility index (Phi) is 5.10. The maximum Gasteiger partial charge on any atom is 0.332 e. The average molecular weight is 159 g/mol. The molecule has 0 heterocycles. The molecule has 1 atom stereocenters. The van der Waals surface area contributed by atoms with E-state index >= 15 is 0 Å². The van der Waals surface area contributed by atoms with Crippen LogP contribution in [0.4, 0.5) is 4.79 Å². The zero-order valence-electron chi connectivity index (χ0n) is 6.70. The lowest BCUT2D eigenvalue weighted by Crippen LogP contribution is -2.25. The molecular weight excluding hydrogens is 146 g/mol. The lowest BCUT2D eigenvalue weighted by molar-refractivity contribution is 0.182. The number of hydrogen-bond donors (Lipinski definition) is 2. The average Bonchev–Trinajstić information content (AvgIpc) is 1.87. The van der Waals surface area contributed by atoms with Gasteiger partial charge in [0.25, 0.3) is 0 Å². The topological polar surface area (TPSA) is 76.7 Å². The van der Waals surface area contributed by atoms with Gasteiger partial charge in [0.1, 0.15) is 0 Å². The van der Waals surface area contributed by atoms with Gasteiger partial charge < -0.3 is 10.5 Å². The second-order valence-electron chi connectivity index (χ2n) is 2.19. The highest BCUT2D eigenvalue weighted by molar-refractivity contribution is 5.73. The molecule has 0 aromatic heterocycles. The van der Waals surface area contributed by atoms with Crippen LogP contribution in [0.25, 0.3) is 0 Å². The van der Waals surface area contributed by atoms with Crippen molar-refractivity contribution in [1.29, 1.82) is 0 Å². The standard InChI is InChI=1S/C6H13N3O2/c1-5(4-11-2)3-8-9-6(7)10/h3,5H,4H2,1-2H3,(H3,7,9,10). The van der Waals surface area contributed by atoms with Crippen LogP contribution >= 0.6 is 0 Å². The van der Waals surface area contributed by atoms with Gasteiger partial charge in [-0.2, -0.15) is 5.10 Å². The molecular formula is C6H13N3O2. The van der Waals surface area contributed by atoms with Crippen LogP contribution in [0.3, 0.4) is 0 Å². The number of hydrazone groups is 1. The summed E-state index contributed by atoms with van der Waals surface area (Å²) in [4.78, 5) is 10.1. The van der Waals surface area contributed by atoms with Crippen molar-refractivity contribution in [2.75, 3.05) is 13.7 Å². The number of amides is 2. The molecule has 0 saturated heterocycles. The van der Waals surface area contributed by atoms with Crippen molar-refractivity contribution in [3.8, 4) is 0 Å². The van der Waals surface area contributed by atoms with Gasteiger partial charge in [-0.15, -0.1) is 0 Å². The van der Waals surface area contributed by atoms with Gasteiger partial charge in [0.05, 0.1) is 6.61 Å². The predicted octanol–water partition coefficient (Wildman–Crippen LogP) is -0.0770. The minimum Gasteiger partial charge on any atom is -0.384 e. The molecule has 64 valence electrons. The monoisotopic (exact) mass is 159 g/mol. The lowest BCUT2D eigenvalue weighted by Gasteiger charge is -2.01. The molecule has 0 fully saturated rings. The quantitative estimate of drug-likeness (QED) is 0.444. The summed E-state index contributed by atoms with van der Waals surface area (Å²) in [6, 6.07) is -0.661. The van der Waals surface area contributed by atoms with E-state index in [1.165, 1.54) is 0 Å². The molecule has 0 aliphatic rings. The number of ether oxygens (including phenoxy) is 1. The normalized spacial score (nSPS) is 13.3. The molecule has 0 radical (unpaired) electrons. The zero-order valence-corrected chi connectivity index (χ0v) is 6.70. The van der Waals surface area contributed by atoms with E-state index in [4.69, 9.17) is 10.5 Å². The van der Waals surface area contributed by atoms with E-state index in [0.29, 0.717) is 6.61 Å². The van der Waals surface area contributed by atoms with Crippen LogP contribution in [0.1, 0.15) is 6.92 Å². The molecule has 3 N–H and O–H groups in total. The predicted molar refractivity (Wildman–Crippen MR) is 42.3 cm³/mol. The molecule has 2 amide bonds. The first-order valence-corrected chi connectivity index (χ1v) is 3.24. The molecule has 0 aliphatic heterocycles. The van der Waals surface area contributed by atoms with Crippen LogP contribution in [-0.2, 0) is 4.74 Å². The third-order valence-electron chi connectivity index (χ3n) is 0.933. The molecule has 5 heteroatoms. The number of urea groups is 1. The summed E-state index contributed by atoms with van der Waals surface area (Å²) in [7, 11) is 1.60. The van der Waals surface area contributed by atoms with Crippen molar-refractivity contribution in [1.82, 2.24) is 5.43 Å². The van der Waals surface area contributed by atoms with E-state index in [1.807, 2.05) is 6.92 Å². The number of carbonyl (C=O) groups is 1. The SMILES string of the molecule is COCC(C)C=NNC(N)=O. The van der Waals surface area contributed by atoms with Gasteiger partial charge in [-0.05, 0) is 0 Å².